The molecular weight excluding hydrogens is 342 g/mol. The van der Waals surface area contributed by atoms with Crippen LogP contribution in [0.3, 0.4) is 0 Å². The summed E-state index contributed by atoms with van der Waals surface area (Å²) in [5.74, 6) is 0. The maximum Gasteiger partial charge on any atom is 0.108 e. The summed E-state index contributed by atoms with van der Waals surface area (Å²) in [6.07, 6.45) is 6.27. The summed E-state index contributed by atoms with van der Waals surface area (Å²) in [6.45, 7) is 1.98. The molecule has 0 bridgehead atoms. The first-order valence-corrected chi connectivity index (χ1v) is 9.79. The first kappa shape index (κ1) is 15.7. The van der Waals surface area contributed by atoms with Crippen molar-refractivity contribution in [1.82, 2.24) is 24.7 Å². The predicted molar refractivity (Wildman–Crippen MR) is 103 cm³/mol. The summed E-state index contributed by atoms with van der Waals surface area (Å²) in [5, 5.41) is 12.2. The van der Waals surface area contributed by atoms with Crippen LogP contribution in [0.5, 0.6) is 0 Å². The van der Waals surface area contributed by atoms with Crippen LogP contribution in [-0.4, -0.2) is 31.3 Å². The molecular formula is C20H19N5S. The number of pyridine rings is 1. The van der Waals surface area contributed by atoms with Crippen LogP contribution in [-0.2, 0) is 6.54 Å². The summed E-state index contributed by atoms with van der Waals surface area (Å²) in [5.41, 5.74) is 4.53. The van der Waals surface area contributed by atoms with Gasteiger partial charge in [0.1, 0.15) is 10.7 Å². The van der Waals surface area contributed by atoms with Gasteiger partial charge in [0.25, 0.3) is 0 Å². The molecule has 4 aromatic rings. The number of likely N-dealkylation sites (tertiary alicyclic amines) is 1. The SMILES string of the molecule is c1ccc(-c2ccc3c([C@@H]4CCCN4Cc4nccs4)nnn3c2)cc1. The molecule has 5 nitrogen and oxygen atoms in total. The molecule has 1 aliphatic heterocycles. The Kier molecular flexibility index (Phi) is 3.99. The first-order valence-electron chi connectivity index (χ1n) is 8.91. The van der Waals surface area contributed by atoms with Gasteiger partial charge in [-0.1, -0.05) is 41.6 Å². The minimum atomic E-state index is 0.318. The van der Waals surface area contributed by atoms with Gasteiger partial charge in [0.05, 0.1) is 18.1 Å². The zero-order chi connectivity index (χ0) is 17.3. The van der Waals surface area contributed by atoms with Crippen LogP contribution in [0.25, 0.3) is 16.6 Å². The van der Waals surface area contributed by atoms with E-state index in [0.29, 0.717) is 6.04 Å². The van der Waals surface area contributed by atoms with E-state index in [2.05, 4.69) is 62.8 Å². The van der Waals surface area contributed by atoms with E-state index < -0.39 is 0 Å². The Balaban J connectivity index is 1.47. The maximum atomic E-state index is 4.55. The minimum Gasteiger partial charge on any atom is -0.288 e. The van der Waals surface area contributed by atoms with Crippen LogP contribution in [0.1, 0.15) is 29.6 Å². The van der Waals surface area contributed by atoms with Crippen LogP contribution in [0.2, 0.25) is 0 Å². The highest BCUT2D eigenvalue weighted by molar-refractivity contribution is 7.09. The molecule has 6 heteroatoms. The van der Waals surface area contributed by atoms with Gasteiger partial charge in [0, 0.05) is 23.3 Å². The smallest absolute Gasteiger partial charge is 0.108 e. The van der Waals surface area contributed by atoms with Gasteiger partial charge < -0.3 is 0 Å². The molecule has 5 rings (SSSR count). The average Bonchev–Trinajstić information content (AvgIpc) is 3.43. The third-order valence-corrected chi connectivity index (χ3v) is 5.81. The molecule has 3 aromatic heterocycles. The average molecular weight is 361 g/mol. The van der Waals surface area contributed by atoms with Crippen molar-refractivity contribution < 1.29 is 0 Å². The van der Waals surface area contributed by atoms with Crippen LogP contribution in [0, 0.1) is 0 Å². The number of aromatic nitrogens is 4. The van der Waals surface area contributed by atoms with Crippen LogP contribution >= 0.6 is 11.3 Å². The highest BCUT2D eigenvalue weighted by atomic mass is 32.1. The lowest BCUT2D eigenvalue weighted by atomic mass is 10.1. The zero-order valence-corrected chi connectivity index (χ0v) is 15.1. The molecule has 0 N–H and O–H groups in total. The Hall–Kier alpha value is -2.57. The molecule has 26 heavy (non-hydrogen) atoms. The van der Waals surface area contributed by atoms with Crippen LogP contribution in [0.4, 0.5) is 0 Å². The largest absolute Gasteiger partial charge is 0.288 e. The second-order valence-electron chi connectivity index (χ2n) is 6.64. The molecule has 130 valence electrons. The Labute approximate surface area is 155 Å². The van der Waals surface area contributed by atoms with E-state index >= 15 is 0 Å². The van der Waals surface area contributed by atoms with Crippen LogP contribution < -0.4 is 0 Å². The molecule has 1 aromatic carbocycles. The number of thiazole rings is 1. The molecule has 0 unspecified atom stereocenters. The lowest BCUT2D eigenvalue weighted by Crippen LogP contribution is -2.23. The van der Waals surface area contributed by atoms with E-state index in [0.717, 1.165) is 36.3 Å². The van der Waals surface area contributed by atoms with E-state index in [-0.39, 0.29) is 0 Å². The quantitative estimate of drug-likeness (QED) is 0.547. The number of hydrogen-bond donors (Lipinski definition) is 0. The molecule has 0 radical (unpaired) electrons. The molecule has 0 aliphatic carbocycles. The van der Waals surface area contributed by atoms with E-state index in [1.165, 1.54) is 17.0 Å². The number of nitrogens with zero attached hydrogens (tertiary/aromatic N) is 5. The van der Waals surface area contributed by atoms with Gasteiger partial charge in [0.2, 0.25) is 0 Å². The van der Waals surface area contributed by atoms with Gasteiger partial charge in [0.15, 0.2) is 0 Å². The van der Waals surface area contributed by atoms with E-state index in [4.69, 9.17) is 0 Å². The fraction of sp³-hybridized carbons (Fsp3) is 0.250. The van der Waals surface area contributed by atoms with Crippen molar-refractivity contribution in [3.8, 4) is 11.1 Å². The third-order valence-electron chi connectivity index (χ3n) is 5.05. The van der Waals surface area contributed by atoms with Gasteiger partial charge >= 0.3 is 0 Å². The first-order chi connectivity index (χ1) is 12.9. The molecule has 0 amide bonds. The van der Waals surface area contributed by atoms with Crippen molar-refractivity contribution in [3.63, 3.8) is 0 Å². The van der Waals surface area contributed by atoms with Gasteiger partial charge in [-0.25, -0.2) is 9.50 Å². The fourth-order valence-electron chi connectivity index (χ4n) is 3.78. The Morgan fingerprint density at radius 2 is 2.00 bits per heavy atom. The second kappa shape index (κ2) is 6.63. The van der Waals surface area contributed by atoms with Crippen molar-refractivity contribution >= 4 is 16.9 Å². The second-order valence-corrected chi connectivity index (χ2v) is 7.62. The molecule has 4 heterocycles. The molecule has 1 fully saturated rings. The van der Waals surface area contributed by atoms with E-state index in [9.17, 15) is 0 Å². The number of hydrogen-bond acceptors (Lipinski definition) is 5. The summed E-state index contributed by atoms with van der Waals surface area (Å²) < 4.78 is 1.91. The number of benzene rings is 1. The summed E-state index contributed by atoms with van der Waals surface area (Å²) in [4.78, 5) is 6.92. The monoisotopic (exact) mass is 361 g/mol. The van der Waals surface area contributed by atoms with Gasteiger partial charge in [-0.05, 0) is 31.0 Å². The van der Waals surface area contributed by atoms with Gasteiger partial charge in [-0.15, -0.1) is 16.4 Å². The summed E-state index contributed by atoms with van der Waals surface area (Å²) in [7, 11) is 0. The lowest BCUT2D eigenvalue weighted by molar-refractivity contribution is 0.245. The maximum absolute atomic E-state index is 4.55. The van der Waals surface area contributed by atoms with Gasteiger partial charge in [-0.3, -0.25) is 4.90 Å². The number of fused-ring (bicyclic) bond motifs is 1. The van der Waals surface area contributed by atoms with Crippen molar-refractivity contribution in [3.05, 3.63) is 70.9 Å². The van der Waals surface area contributed by atoms with Crippen molar-refractivity contribution in [1.29, 1.82) is 0 Å². The molecule has 0 spiro atoms. The molecule has 1 aliphatic rings. The van der Waals surface area contributed by atoms with Crippen molar-refractivity contribution in [2.45, 2.75) is 25.4 Å². The Morgan fingerprint density at radius 3 is 2.85 bits per heavy atom. The Bertz CT molecular complexity index is 1010. The predicted octanol–water partition coefficient (Wildman–Crippen LogP) is 4.19. The summed E-state index contributed by atoms with van der Waals surface area (Å²) in [6, 6.07) is 15.0. The molecule has 0 saturated carbocycles. The molecule has 1 saturated heterocycles. The van der Waals surface area contributed by atoms with Crippen molar-refractivity contribution in [2.24, 2.45) is 0 Å². The summed E-state index contributed by atoms with van der Waals surface area (Å²) >= 11 is 1.72. The Morgan fingerprint density at radius 1 is 1.08 bits per heavy atom. The third kappa shape index (κ3) is 2.81. The standard InChI is InChI=1S/C20H19N5S/c1-2-5-15(6-3-1)16-8-9-18-20(22-23-25(18)13-16)17-7-4-11-24(17)14-19-21-10-12-26-19/h1-3,5-6,8-10,12-13,17H,4,7,11,14H2/t17-/m0/s1. The van der Waals surface area contributed by atoms with Crippen LogP contribution in [0.15, 0.2) is 60.2 Å². The number of rotatable bonds is 4. The minimum absolute atomic E-state index is 0.318. The topological polar surface area (TPSA) is 46.3 Å². The lowest BCUT2D eigenvalue weighted by Gasteiger charge is -2.21. The zero-order valence-electron chi connectivity index (χ0n) is 14.3. The molecule has 1 atom stereocenters. The normalized spacial score (nSPS) is 17.9. The van der Waals surface area contributed by atoms with Crippen molar-refractivity contribution in [2.75, 3.05) is 6.54 Å². The highest BCUT2D eigenvalue weighted by Gasteiger charge is 2.30. The fourth-order valence-corrected chi connectivity index (χ4v) is 4.42. The van der Waals surface area contributed by atoms with E-state index in [1.807, 2.05) is 22.2 Å². The highest BCUT2D eigenvalue weighted by Crippen LogP contribution is 2.34. The van der Waals surface area contributed by atoms with Gasteiger partial charge in [-0.2, -0.15) is 0 Å². The van der Waals surface area contributed by atoms with E-state index in [1.54, 1.807) is 11.3 Å².